The average molecular weight is 591 g/mol. The molecule has 2 aromatic heterocycles. The van der Waals surface area contributed by atoms with Crippen molar-refractivity contribution in [2.45, 2.75) is 37.6 Å². The van der Waals surface area contributed by atoms with Gasteiger partial charge in [0, 0.05) is 93.1 Å². The molecule has 12 heteroatoms. The van der Waals surface area contributed by atoms with Gasteiger partial charge in [-0.25, -0.2) is 9.97 Å². The van der Waals surface area contributed by atoms with Crippen LogP contribution < -0.4 is 10.2 Å². The van der Waals surface area contributed by atoms with Crippen LogP contribution in [0.2, 0.25) is 10.0 Å². The standard InChI is InChI=1S/C28H34Cl2FN7O2/c1-32-28(40)22-13-20(29)3-2-18(22)15-36-9-5-24(25(39)17-36)38-11-10-37(16-21(38)4-6-31)27-23(30)12-19(14-35-27)26-33-7-8-34-26/h2-3,7-8,12-14,21,24-25,39H,4-6,9-11,15-17H2,1H3,(H,32,40)(H,33,34)/t21-,24-,25-/m0/s1. The van der Waals surface area contributed by atoms with Crippen molar-refractivity contribution in [3.63, 3.8) is 0 Å². The molecule has 0 radical (unpaired) electrons. The Morgan fingerprint density at radius 3 is 2.75 bits per heavy atom. The molecule has 1 amide bonds. The summed E-state index contributed by atoms with van der Waals surface area (Å²) in [6, 6.07) is 6.99. The van der Waals surface area contributed by atoms with Gasteiger partial charge >= 0.3 is 0 Å². The van der Waals surface area contributed by atoms with E-state index in [1.54, 1.807) is 37.8 Å². The van der Waals surface area contributed by atoms with Crippen molar-refractivity contribution in [2.24, 2.45) is 0 Å². The highest BCUT2D eigenvalue weighted by Crippen LogP contribution is 2.32. The van der Waals surface area contributed by atoms with Crippen LogP contribution in [0.3, 0.4) is 0 Å². The number of nitrogens with zero attached hydrogens (tertiary/aromatic N) is 5. The van der Waals surface area contributed by atoms with E-state index >= 15 is 0 Å². The molecule has 1 aromatic carbocycles. The van der Waals surface area contributed by atoms with Gasteiger partial charge < -0.3 is 20.3 Å². The molecule has 3 atom stereocenters. The van der Waals surface area contributed by atoms with E-state index < -0.39 is 12.8 Å². The maximum Gasteiger partial charge on any atom is 0.251 e. The number of aromatic nitrogens is 3. The molecule has 40 heavy (non-hydrogen) atoms. The molecular weight excluding hydrogens is 556 g/mol. The van der Waals surface area contributed by atoms with Crippen LogP contribution in [0.5, 0.6) is 0 Å². The summed E-state index contributed by atoms with van der Waals surface area (Å²) >= 11 is 12.8. The second kappa shape index (κ2) is 12.8. The Kier molecular flexibility index (Phi) is 9.22. The van der Waals surface area contributed by atoms with Crippen LogP contribution in [0.15, 0.2) is 42.9 Å². The maximum atomic E-state index is 13.7. The Morgan fingerprint density at radius 2 is 2.05 bits per heavy atom. The van der Waals surface area contributed by atoms with Crippen LogP contribution in [0.1, 0.15) is 28.8 Å². The lowest BCUT2D eigenvalue weighted by Gasteiger charge is -2.49. The van der Waals surface area contributed by atoms with Crippen molar-refractivity contribution in [1.82, 2.24) is 30.1 Å². The Morgan fingerprint density at radius 1 is 1.20 bits per heavy atom. The minimum absolute atomic E-state index is 0.0799. The first kappa shape index (κ1) is 28.8. The van der Waals surface area contributed by atoms with Crippen LogP contribution in [0, 0.1) is 0 Å². The number of anilines is 1. The zero-order valence-electron chi connectivity index (χ0n) is 22.4. The highest BCUT2D eigenvalue weighted by atomic mass is 35.5. The minimum atomic E-state index is -0.604. The molecule has 214 valence electrons. The van der Waals surface area contributed by atoms with Gasteiger partial charge in [-0.05, 0) is 36.6 Å². The fraction of sp³-hybridized carbons (Fsp3) is 0.464. The van der Waals surface area contributed by atoms with Crippen molar-refractivity contribution in [1.29, 1.82) is 0 Å². The molecule has 5 rings (SSSR count). The number of carbonyl (C=O) groups excluding carboxylic acids is 1. The number of carbonyl (C=O) groups is 1. The Labute approximate surface area is 243 Å². The zero-order chi connectivity index (χ0) is 28.2. The number of hydrogen-bond donors (Lipinski definition) is 3. The van der Waals surface area contributed by atoms with Gasteiger partial charge in [-0.2, -0.15) is 0 Å². The van der Waals surface area contributed by atoms with Crippen molar-refractivity contribution < 1.29 is 14.3 Å². The van der Waals surface area contributed by atoms with E-state index in [0.29, 0.717) is 66.4 Å². The number of nitrogens with one attached hydrogen (secondary N) is 2. The molecule has 0 aliphatic carbocycles. The number of hydrogen-bond acceptors (Lipinski definition) is 7. The Bertz CT molecular complexity index is 1310. The third-order valence-corrected chi connectivity index (χ3v) is 8.37. The summed E-state index contributed by atoms with van der Waals surface area (Å²) in [5.74, 6) is 1.18. The van der Waals surface area contributed by atoms with Gasteiger partial charge in [0.05, 0.1) is 17.8 Å². The second-order valence-corrected chi connectivity index (χ2v) is 11.2. The monoisotopic (exact) mass is 589 g/mol. The predicted molar refractivity (Wildman–Crippen MR) is 155 cm³/mol. The third-order valence-electron chi connectivity index (χ3n) is 7.86. The topological polar surface area (TPSA) is 101 Å². The molecule has 0 unspecified atom stereocenters. The zero-order valence-corrected chi connectivity index (χ0v) is 23.9. The van der Waals surface area contributed by atoms with E-state index in [0.717, 1.165) is 24.1 Å². The maximum absolute atomic E-state index is 13.7. The summed E-state index contributed by atoms with van der Waals surface area (Å²) < 4.78 is 13.7. The molecule has 0 saturated carbocycles. The van der Waals surface area contributed by atoms with Gasteiger partial charge in [-0.15, -0.1) is 0 Å². The van der Waals surface area contributed by atoms with Crippen LogP contribution >= 0.6 is 23.2 Å². The number of aromatic amines is 1. The fourth-order valence-electron chi connectivity index (χ4n) is 5.89. The molecule has 0 bridgehead atoms. The highest BCUT2D eigenvalue weighted by Gasteiger charge is 2.38. The number of alkyl halides is 1. The number of H-pyrrole nitrogens is 1. The predicted octanol–water partition coefficient (Wildman–Crippen LogP) is 3.62. The molecule has 2 aliphatic heterocycles. The van der Waals surface area contributed by atoms with Gasteiger partial charge in [-0.3, -0.25) is 19.0 Å². The molecular formula is C28H34Cl2FN7O2. The van der Waals surface area contributed by atoms with Crippen molar-refractivity contribution in [3.05, 3.63) is 64.0 Å². The number of aliphatic hydroxyl groups is 1. The molecule has 2 saturated heterocycles. The summed E-state index contributed by atoms with van der Waals surface area (Å²) in [6.45, 7) is 3.21. The number of halogens is 3. The van der Waals surface area contributed by atoms with E-state index in [9.17, 15) is 14.3 Å². The van der Waals surface area contributed by atoms with Crippen molar-refractivity contribution >= 4 is 34.9 Å². The number of piperazine rings is 1. The number of rotatable bonds is 8. The molecule has 0 spiro atoms. The van der Waals surface area contributed by atoms with Crippen molar-refractivity contribution in [3.8, 4) is 11.4 Å². The molecule has 2 aliphatic rings. The molecule has 9 nitrogen and oxygen atoms in total. The number of β-amino-alcohol motifs (C(OH)–C–C–N with tert-alkyl or cyclic N) is 1. The molecule has 2 fully saturated rings. The summed E-state index contributed by atoms with van der Waals surface area (Å²) in [7, 11) is 1.59. The van der Waals surface area contributed by atoms with Crippen LogP contribution in [0.4, 0.5) is 10.2 Å². The van der Waals surface area contributed by atoms with E-state index in [1.807, 2.05) is 12.1 Å². The number of amides is 1. The molecule has 3 N–H and O–H groups in total. The summed E-state index contributed by atoms with van der Waals surface area (Å²) in [5, 5.41) is 14.9. The van der Waals surface area contributed by atoms with Crippen LogP contribution in [0.25, 0.3) is 11.4 Å². The average Bonchev–Trinajstić information content (AvgIpc) is 3.49. The van der Waals surface area contributed by atoms with Crippen LogP contribution in [-0.4, -0.2) is 100 Å². The summed E-state index contributed by atoms with van der Waals surface area (Å²) in [6.07, 6.45) is 5.67. The largest absolute Gasteiger partial charge is 0.390 e. The normalized spacial score (nSPS) is 22.4. The number of benzene rings is 1. The lowest BCUT2D eigenvalue weighted by molar-refractivity contribution is -0.0366. The lowest BCUT2D eigenvalue weighted by atomic mass is 9.95. The first-order valence-electron chi connectivity index (χ1n) is 13.5. The molecule has 4 heterocycles. The smallest absolute Gasteiger partial charge is 0.251 e. The number of pyridine rings is 1. The quantitative estimate of drug-likeness (QED) is 0.369. The number of piperidine rings is 1. The van der Waals surface area contributed by atoms with E-state index in [1.165, 1.54) is 0 Å². The van der Waals surface area contributed by atoms with Gasteiger partial charge in [-0.1, -0.05) is 29.3 Å². The van der Waals surface area contributed by atoms with Crippen LogP contribution in [-0.2, 0) is 6.54 Å². The number of imidazole rings is 1. The van der Waals surface area contributed by atoms with E-state index in [4.69, 9.17) is 23.2 Å². The number of aliphatic hydroxyl groups excluding tert-OH is 1. The highest BCUT2D eigenvalue weighted by molar-refractivity contribution is 6.33. The summed E-state index contributed by atoms with van der Waals surface area (Å²) in [5.41, 5.74) is 2.20. The van der Waals surface area contributed by atoms with Gasteiger partial charge in [0.2, 0.25) is 0 Å². The summed E-state index contributed by atoms with van der Waals surface area (Å²) in [4.78, 5) is 30.8. The second-order valence-electron chi connectivity index (χ2n) is 10.3. The third kappa shape index (κ3) is 6.26. The van der Waals surface area contributed by atoms with Crippen molar-refractivity contribution in [2.75, 3.05) is 51.3 Å². The van der Waals surface area contributed by atoms with Gasteiger partial charge in [0.1, 0.15) is 11.6 Å². The van der Waals surface area contributed by atoms with E-state index in [-0.39, 0.29) is 18.0 Å². The number of likely N-dealkylation sites (tertiary alicyclic amines) is 1. The first-order chi connectivity index (χ1) is 19.4. The molecule has 3 aromatic rings. The fourth-order valence-corrected chi connectivity index (χ4v) is 6.34. The van der Waals surface area contributed by atoms with Gasteiger partial charge in [0.15, 0.2) is 0 Å². The Balaban J connectivity index is 1.24. The Hall–Kier alpha value is -2.76. The minimum Gasteiger partial charge on any atom is -0.390 e. The van der Waals surface area contributed by atoms with Gasteiger partial charge in [0.25, 0.3) is 5.91 Å². The first-order valence-corrected chi connectivity index (χ1v) is 14.3. The lowest BCUT2D eigenvalue weighted by Crippen LogP contribution is -2.62. The SMILES string of the molecule is CNC(=O)c1cc(Cl)ccc1CN1CC[C@H](N2CCN(c3ncc(-c4ncc[nH]4)cc3Cl)C[C@@H]2CCF)[C@@H](O)C1. The van der Waals surface area contributed by atoms with E-state index in [2.05, 4.69) is 35.0 Å².